The van der Waals surface area contributed by atoms with E-state index < -0.39 is 0 Å². The second-order valence-electron chi connectivity index (χ2n) is 4.68. The molecule has 0 aromatic heterocycles. The highest BCUT2D eigenvalue weighted by atomic mass is 16.6. The van der Waals surface area contributed by atoms with E-state index in [1.165, 1.54) is 0 Å². The zero-order valence-corrected chi connectivity index (χ0v) is 11.2. The minimum Gasteiger partial charge on any atom is -0.460 e. The van der Waals surface area contributed by atoms with Gasteiger partial charge < -0.3 is 15.2 Å². The molecule has 0 aliphatic carbocycles. The predicted molar refractivity (Wildman–Crippen MR) is 71.5 cm³/mol. The second-order valence-corrected chi connectivity index (χ2v) is 4.68. The molecule has 0 spiro atoms. The third kappa shape index (κ3) is 4.75. The van der Waals surface area contributed by atoms with E-state index in [1.54, 1.807) is 18.2 Å². The van der Waals surface area contributed by atoms with E-state index in [4.69, 9.17) is 15.2 Å². The van der Waals surface area contributed by atoms with Crippen LogP contribution in [0, 0.1) is 12.8 Å². The largest absolute Gasteiger partial charge is 0.460 e. The fourth-order valence-corrected chi connectivity index (χ4v) is 1.36. The van der Waals surface area contributed by atoms with Crippen molar-refractivity contribution in [2.75, 3.05) is 25.6 Å². The van der Waals surface area contributed by atoms with Crippen molar-refractivity contribution < 1.29 is 14.3 Å². The molecule has 0 amide bonds. The number of nitrogen functional groups attached to an aromatic ring is 1. The van der Waals surface area contributed by atoms with Gasteiger partial charge in [0, 0.05) is 12.3 Å². The van der Waals surface area contributed by atoms with Gasteiger partial charge in [-0.2, -0.15) is 0 Å². The first-order valence-corrected chi connectivity index (χ1v) is 6.11. The van der Waals surface area contributed by atoms with E-state index in [2.05, 4.69) is 13.8 Å². The lowest BCUT2D eigenvalue weighted by Gasteiger charge is -2.08. The van der Waals surface area contributed by atoms with Gasteiger partial charge in [-0.15, -0.1) is 0 Å². The van der Waals surface area contributed by atoms with Gasteiger partial charge in [-0.05, 0) is 30.5 Å². The second kappa shape index (κ2) is 7.01. The van der Waals surface area contributed by atoms with Gasteiger partial charge in [0.15, 0.2) is 0 Å². The molecule has 0 aliphatic heterocycles. The molecule has 0 bridgehead atoms. The van der Waals surface area contributed by atoms with Crippen molar-refractivity contribution >= 4 is 11.7 Å². The molecule has 0 aliphatic rings. The van der Waals surface area contributed by atoms with Crippen LogP contribution in [-0.4, -0.2) is 25.8 Å². The van der Waals surface area contributed by atoms with Gasteiger partial charge in [-0.25, -0.2) is 4.79 Å². The van der Waals surface area contributed by atoms with Crippen molar-refractivity contribution in [3.8, 4) is 0 Å². The summed E-state index contributed by atoms with van der Waals surface area (Å²) in [6.07, 6.45) is 0. The first-order valence-electron chi connectivity index (χ1n) is 6.11. The van der Waals surface area contributed by atoms with Crippen LogP contribution in [0.1, 0.15) is 29.8 Å². The average molecular weight is 251 g/mol. The van der Waals surface area contributed by atoms with Crippen molar-refractivity contribution in [1.29, 1.82) is 0 Å². The molecule has 0 fully saturated rings. The van der Waals surface area contributed by atoms with Crippen LogP contribution in [-0.2, 0) is 9.47 Å². The van der Waals surface area contributed by atoms with Gasteiger partial charge in [0.1, 0.15) is 6.61 Å². The van der Waals surface area contributed by atoms with Crippen molar-refractivity contribution in [3.63, 3.8) is 0 Å². The Morgan fingerprint density at radius 2 is 2.06 bits per heavy atom. The minimum atomic E-state index is -0.366. The van der Waals surface area contributed by atoms with E-state index >= 15 is 0 Å². The molecule has 4 nitrogen and oxygen atoms in total. The van der Waals surface area contributed by atoms with Crippen LogP contribution in [0.3, 0.4) is 0 Å². The van der Waals surface area contributed by atoms with Gasteiger partial charge in [0.2, 0.25) is 0 Å². The summed E-state index contributed by atoms with van der Waals surface area (Å²) in [5, 5.41) is 0. The lowest BCUT2D eigenvalue weighted by Crippen LogP contribution is -2.13. The molecular weight excluding hydrogens is 230 g/mol. The first kappa shape index (κ1) is 14.5. The number of aryl methyl sites for hydroxylation is 1. The van der Waals surface area contributed by atoms with Crippen LogP contribution in [0.4, 0.5) is 5.69 Å². The number of carbonyl (C=O) groups is 1. The summed E-state index contributed by atoms with van der Waals surface area (Å²) < 4.78 is 10.4. The van der Waals surface area contributed by atoms with E-state index in [-0.39, 0.29) is 12.6 Å². The quantitative estimate of drug-likeness (QED) is 0.479. The Morgan fingerprint density at radius 1 is 1.33 bits per heavy atom. The summed E-state index contributed by atoms with van der Waals surface area (Å²) in [4.78, 5) is 11.7. The number of nitrogens with two attached hydrogens (primary N) is 1. The molecule has 0 atom stereocenters. The molecule has 0 heterocycles. The molecule has 4 heteroatoms. The number of ether oxygens (including phenoxy) is 2. The fraction of sp³-hybridized carbons (Fsp3) is 0.500. The smallest absolute Gasteiger partial charge is 0.338 e. The van der Waals surface area contributed by atoms with E-state index in [0.29, 0.717) is 30.4 Å². The molecule has 0 saturated heterocycles. The molecule has 0 saturated carbocycles. The molecule has 2 N–H and O–H groups in total. The standard InChI is InChI=1S/C14H21NO3/c1-10(2)9-17-6-7-18-14(16)12-5-4-11(3)13(15)8-12/h4-5,8,10H,6-7,9,15H2,1-3H3. The van der Waals surface area contributed by atoms with Gasteiger partial charge >= 0.3 is 5.97 Å². The highest BCUT2D eigenvalue weighted by Gasteiger charge is 2.08. The summed E-state index contributed by atoms with van der Waals surface area (Å²) >= 11 is 0. The summed E-state index contributed by atoms with van der Waals surface area (Å²) in [6.45, 7) is 7.39. The summed E-state index contributed by atoms with van der Waals surface area (Å²) in [6, 6.07) is 5.15. The molecular formula is C14H21NO3. The number of hydrogen-bond acceptors (Lipinski definition) is 4. The summed E-state index contributed by atoms with van der Waals surface area (Å²) in [7, 11) is 0. The van der Waals surface area contributed by atoms with Crippen LogP contribution in [0.25, 0.3) is 0 Å². The monoisotopic (exact) mass is 251 g/mol. The summed E-state index contributed by atoms with van der Waals surface area (Å²) in [5.41, 5.74) is 7.76. The Balaban J connectivity index is 2.34. The number of benzene rings is 1. The molecule has 18 heavy (non-hydrogen) atoms. The Bertz CT molecular complexity index is 402. The minimum absolute atomic E-state index is 0.263. The highest BCUT2D eigenvalue weighted by molar-refractivity contribution is 5.90. The maximum Gasteiger partial charge on any atom is 0.338 e. The lowest BCUT2D eigenvalue weighted by molar-refractivity contribution is 0.0277. The zero-order chi connectivity index (χ0) is 13.5. The van der Waals surface area contributed by atoms with Crippen LogP contribution >= 0.6 is 0 Å². The van der Waals surface area contributed by atoms with Crippen molar-refractivity contribution in [2.45, 2.75) is 20.8 Å². The summed E-state index contributed by atoms with van der Waals surface area (Å²) in [5.74, 6) is 0.118. The first-order chi connectivity index (χ1) is 8.50. The zero-order valence-electron chi connectivity index (χ0n) is 11.2. The Morgan fingerprint density at radius 3 is 2.67 bits per heavy atom. The maximum atomic E-state index is 11.7. The highest BCUT2D eigenvalue weighted by Crippen LogP contribution is 2.13. The number of rotatable bonds is 6. The molecule has 1 aromatic rings. The molecule has 100 valence electrons. The third-order valence-electron chi connectivity index (χ3n) is 2.43. The van der Waals surface area contributed by atoms with Crippen LogP contribution in [0.15, 0.2) is 18.2 Å². The number of carbonyl (C=O) groups excluding carboxylic acids is 1. The molecule has 0 unspecified atom stereocenters. The van der Waals surface area contributed by atoms with Crippen LogP contribution < -0.4 is 5.73 Å². The number of anilines is 1. The van der Waals surface area contributed by atoms with Gasteiger partial charge in [-0.3, -0.25) is 0 Å². The third-order valence-corrected chi connectivity index (χ3v) is 2.43. The Kier molecular flexibility index (Phi) is 5.65. The van der Waals surface area contributed by atoms with Crippen molar-refractivity contribution in [2.24, 2.45) is 5.92 Å². The van der Waals surface area contributed by atoms with Gasteiger partial charge in [0.05, 0.1) is 12.2 Å². The Hall–Kier alpha value is -1.55. The average Bonchev–Trinajstić information content (AvgIpc) is 2.31. The van der Waals surface area contributed by atoms with E-state index in [9.17, 15) is 4.79 Å². The van der Waals surface area contributed by atoms with Crippen LogP contribution in [0.2, 0.25) is 0 Å². The Labute approximate surface area is 108 Å². The molecule has 1 rings (SSSR count). The maximum absolute atomic E-state index is 11.7. The number of esters is 1. The topological polar surface area (TPSA) is 61.5 Å². The molecule has 1 aromatic carbocycles. The van der Waals surface area contributed by atoms with Gasteiger partial charge in [-0.1, -0.05) is 19.9 Å². The predicted octanol–water partition coefficient (Wildman–Crippen LogP) is 2.41. The van der Waals surface area contributed by atoms with Gasteiger partial charge in [0.25, 0.3) is 0 Å². The van der Waals surface area contributed by atoms with Crippen LogP contribution in [0.5, 0.6) is 0 Å². The van der Waals surface area contributed by atoms with E-state index in [1.807, 2.05) is 6.92 Å². The SMILES string of the molecule is Cc1ccc(C(=O)OCCOCC(C)C)cc1N. The molecule has 0 radical (unpaired) electrons. The van der Waals surface area contributed by atoms with E-state index in [0.717, 1.165) is 5.56 Å². The normalized spacial score (nSPS) is 10.7. The van der Waals surface area contributed by atoms with Crippen molar-refractivity contribution in [1.82, 2.24) is 0 Å². The fourth-order valence-electron chi connectivity index (χ4n) is 1.36. The number of hydrogen-bond donors (Lipinski definition) is 1. The lowest BCUT2D eigenvalue weighted by atomic mass is 10.1. The van der Waals surface area contributed by atoms with Crippen molar-refractivity contribution in [3.05, 3.63) is 29.3 Å².